The van der Waals surface area contributed by atoms with Crippen LogP contribution in [0.25, 0.3) is 16.6 Å². The van der Waals surface area contributed by atoms with Crippen molar-refractivity contribution in [2.24, 2.45) is 0 Å². The number of aromatic amines is 1. The van der Waals surface area contributed by atoms with Crippen LogP contribution in [0.15, 0.2) is 42.5 Å². The molecule has 0 saturated carbocycles. The molecule has 124 valence electrons. The van der Waals surface area contributed by atoms with Crippen LogP contribution in [-0.2, 0) is 0 Å². The minimum Gasteiger partial charge on any atom is -0.304 e. The first-order chi connectivity index (χ1) is 12.1. The lowest BCUT2D eigenvalue weighted by atomic mass is 10.2. The zero-order valence-corrected chi connectivity index (χ0v) is 13.1. The topological polar surface area (TPSA) is 101 Å². The van der Waals surface area contributed by atoms with Gasteiger partial charge in [-0.15, -0.1) is 5.10 Å². The van der Waals surface area contributed by atoms with Crippen LogP contribution in [-0.4, -0.2) is 36.3 Å². The highest BCUT2D eigenvalue weighted by molar-refractivity contribution is 6.08. The summed E-state index contributed by atoms with van der Waals surface area (Å²) in [6.07, 6.45) is 0. The zero-order chi connectivity index (χ0) is 17.4. The predicted octanol–water partition coefficient (Wildman–Crippen LogP) is 2.24. The minimum atomic E-state index is -0.459. The fraction of sp³-hybridized carbons (Fsp3) is 0.0625. The number of aromatic nitrogens is 6. The maximum Gasteiger partial charge on any atom is 0.256 e. The van der Waals surface area contributed by atoms with Crippen LogP contribution >= 0.6 is 0 Å². The van der Waals surface area contributed by atoms with Gasteiger partial charge in [0.15, 0.2) is 11.6 Å². The van der Waals surface area contributed by atoms with Gasteiger partial charge in [0.1, 0.15) is 5.82 Å². The van der Waals surface area contributed by atoms with E-state index in [1.54, 1.807) is 43.3 Å². The molecule has 0 fully saturated rings. The van der Waals surface area contributed by atoms with Crippen molar-refractivity contribution in [2.75, 3.05) is 5.32 Å². The Morgan fingerprint density at radius 1 is 1.24 bits per heavy atom. The summed E-state index contributed by atoms with van der Waals surface area (Å²) in [6.45, 7) is 1.76. The van der Waals surface area contributed by atoms with E-state index in [1.165, 1.54) is 10.7 Å². The number of carbonyl (C=O) groups excluding carboxylic acids is 1. The van der Waals surface area contributed by atoms with Gasteiger partial charge in [-0.25, -0.2) is 4.39 Å². The Hall–Kier alpha value is -3.62. The summed E-state index contributed by atoms with van der Waals surface area (Å²) in [7, 11) is 0. The van der Waals surface area contributed by atoms with Gasteiger partial charge in [-0.05, 0) is 47.7 Å². The molecule has 0 spiro atoms. The first-order valence-electron chi connectivity index (χ1n) is 7.43. The molecule has 2 heterocycles. The number of tetrazole rings is 1. The molecule has 4 aromatic rings. The molecule has 0 radical (unpaired) electrons. The number of rotatable bonds is 3. The van der Waals surface area contributed by atoms with Crippen LogP contribution < -0.4 is 5.32 Å². The minimum absolute atomic E-state index is 0.141. The van der Waals surface area contributed by atoms with E-state index in [0.717, 1.165) is 0 Å². The average Bonchev–Trinajstić information content (AvgIpc) is 3.22. The number of nitrogens with one attached hydrogen (secondary N) is 2. The summed E-state index contributed by atoms with van der Waals surface area (Å²) < 4.78 is 15.5. The molecule has 0 unspecified atom stereocenters. The Morgan fingerprint density at radius 2 is 2.08 bits per heavy atom. The SMILES string of the molecule is Cc1nnnn1-c1cccc(C(=O)Nc2n[nH]c3cccc(F)c23)c1. The number of fused-ring (bicyclic) bond motifs is 1. The fourth-order valence-corrected chi connectivity index (χ4v) is 2.55. The highest BCUT2D eigenvalue weighted by atomic mass is 19.1. The number of hydrogen-bond donors (Lipinski definition) is 2. The van der Waals surface area contributed by atoms with Gasteiger partial charge in [0.25, 0.3) is 5.91 Å². The van der Waals surface area contributed by atoms with Crippen molar-refractivity contribution >= 4 is 22.6 Å². The van der Waals surface area contributed by atoms with Crippen molar-refractivity contribution in [2.45, 2.75) is 6.92 Å². The number of aryl methyl sites for hydroxylation is 1. The van der Waals surface area contributed by atoms with Gasteiger partial charge < -0.3 is 5.32 Å². The Labute approximate surface area is 140 Å². The van der Waals surface area contributed by atoms with Crippen molar-refractivity contribution in [1.29, 1.82) is 0 Å². The quantitative estimate of drug-likeness (QED) is 0.597. The first-order valence-corrected chi connectivity index (χ1v) is 7.43. The number of hydrogen-bond acceptors (Lipinski definition) is 5. The number of benzene rings is 2. The highest BCUT2D eigenvalue weighted by Crippen LogP contribution is 2.24. The molecular formula is C16H12FN7O. The van der Waals surface area contributed by atoms with Gasteiger partial charge >= 0.3 is 0 Å². The molecule has 0 atom stereocenters. The third-order valence-corrected chi connectivity index (χ3v) is 3.75. The van der Waals surface area contributed by atoms with Gasteiger partial charge in [-0.2, -0.15) is 9.78 Å². The second kappa shape index (κ2) is 5.78. The molecule has 8 nitrogen and oxygen atoms in total. The van der Waals surface area contributed by atoms with E-state index in [4.69, 9.17) is 0 Å². The number of H-pyrrole nitrogens is 1. The molecular weight excluding hydrogens is 325 g/mol. The van der Waals surface area contributed by atoms with E-state index in [-0.39, 0.29) is 11.2 Å². The van der Waals surface area contributed by atoms with Crippen molar-refractivity contribution in [3.8, 4) is 5.69 Å². The molecule has 2 aromatic carbocycles. The van der Waals surface area contributed by atoms with Crippen molar-refractivity contribution < 1.29 is 9.18 Å². The summed E-state index contributed by atoms with van der Waals surface area (Å²) >= 11 is 0. The van der Waals surface area contributed by atoms with Crippen LogP contribution in [0.3, 0.4) is 0 Å². The molecule has 0 bridgehead atoms. The maximum absolute atomic E-state index is 14.0. The van der Waals surface area contributed by atoms with Crippen molar-refractivity contribution in [1.82, 2.24) is 30.4 Å². The monoisotopic (exact) mass is 337 g/mol. The van der Waals surface area contributed by atoms with Crippen LogP contribution in [0.1, 0.15) is 16.2 Å². The fourth-order valence-electron chi connectivity index (χ4n) is 2.55. The van der Waals surface area contributed by atoms with Crippen LogP contribution in [0.5, 0.6) is 0 Å². The van der Waals surface area contributed by atoms with Gasteiger partial charge in [0, 0.05) is 5.56 Å². The van der Waals surface area contributed by atoms with E-state index in [0.29, 0.717) is 22.6 Å². The molecule has 0 aliphatic carbocycles. The van der Waals surface area contributed by atoms with Gasteiger partial charge in [0.2, 0.25) is 0 Å². The lowest BCUT2D eigenvalue weighted by Crippen LogP contribution is -2.13. The first kappa shape index (κ1) is 14.9. The van der Waals surface area contributed by atoms with Crippen LogP contribution in [0.4, 0.5) is 10.2 Å². The van der Waals surface area contributed by atoms with E-state index >= 15 is 0 Å². The van der Waals surface area contributed by atoms with Crippen molar-refractivity contribution in [3.05, 3.63) is 59.7 Å². The van der Waals surface area contributed by atoms with E-state index in [9.17, 15) is 9.18 Å². The molecule has 0 aliphatic rings. The maximum atomic E-state index is 14.0. The van der Waals surface area contributed by atoms with Gasteiger partial charge in [-0.3, -0.25) is 9.89 Å². The smallest absolute Gasteiger partial charge is 0.256 e. The summed E-state index contributed by atoms with van der Waals surface area (Å²) in [6, 6.07) is 11.3. The second-order valence-corrected chi connectivity index (χ2v) is 5.38. The van der Waals surface area contributed by atoms with Gasteiger partial charge in [0.05, 0.1) is 16.6 Å². The lowest BCUT2D eigenvalue weighted by molar-refractivity contribution is 0.102. The van der Waals surface area contributed by atoms with E-state index in [2.05, 4.69) is 31.0 Å². The average molecular weight is 337 g/mol. The van der Waals surface area contributed by atoms with Crippen molar-refractivity contribution in [3.63, 3.8) is 0 Å². The number of amides is 1. The Balaban J connectivity index is 1.66. The Morgan fingerprint density at radius 3 is 2.88 bits per heavy atom. The number of nitrogens with zero attached hydrogens (tertiary/aromatic N) is 5. The third kappa shape index (κ3) is 2.61. The highest BCUT2D eigenvalue weighted by Gasteiger charge is 2.15. The van der Waals surface area contributed by atoms with E-state index in [1.807, 2.05) is 0 Å². The Kier molecular flexibility index (Phi) is 3.46. The largest absolute Gasteiger partial charge is 0.304 e. The van der Waals surface area contributed by atoms with Crippen LogP contribution in [0.2, 0.25) is 0 Å². The molecule has 25 heavy (non-hydrogen) atoms. The van der Waals surface area contributed by atoms with Gasteiger partial charge in [-0.1, -0.05) is 12.1 Å². The number of halogens is 1. The Bertz CT molecular complexity index is 1080. The normalized spacial score (nSPS) is 11.0. The molecule has 0 saturated heterocycles. The van der Waals surface area contributed by atoms with Crippen LogP contribution in [0, 0.1) is 12.7 Å². The lowest BCUT2D eigenvalue weighted by Gasteiger charge is -2.06. The number of anilines is 1. The molecule has 2 N–H and O–H groups in total. The molecule has 1 amide bonds. The summed E-state index contributed by atoms with van der Waals surface area (Å²) in [5.74, 6) is -0.135. The third-order valence-electron chi connectivity index (χ3n) is 3.75. The number of carbonyl (C=O) groups is 1. The molecule has 0 aliphatic heterocycles. The molecule has 9 heteroatoms. The van der Waals surface area contributed by atoms with E-state index < -0.39 is 11.7 Å². The summed E-state index contributed by atoms with van der Waals surface area (Å²) in [5, 5.41) is 20.8. The zero-order valence-electron chi connectivity index (χ0n) is 13.1. The standard InChI is InChI=1S/C16H12FN7O/c1-9-19-22-23-24(9)11-5-2-4-10(8-11)16(25)18-15-14-12(17)6-3-7-13(14)20-21-15/h2-8H,1H3,(H2,18,20,21,25). The summed E-state index contributed by atoms with van der Waals surface area (Å²) in [4.78, 5) is 12.5. The summed E-state index contributed by atoms with van der Waals surface area (Å²) in [5.41, 5.74) is 1.53. The molecule has 4 rings (SSSR count). The second-order valence-electron chi connectivity index (χ2n) is 5.38. The predicted molar refractivity (Wildman–Crippen MR) is 87.9 cm³/mol. The molecule has 2 aromatic heterocycles.